The second-order valence-electron chi connectivity index (χ2n) is 4.24. The molecule has 0 aliphatic rings. The van der Waals surface area contributed by atoms with Gasteiger partial charge in [0, 0.05) is 11.8 Å². The average molecular weight is 273 g/mol. The quantitative estimate of drug-likeness (QED) is 0.779. The van der Waals surface area contributed by atoms with Crippen LogP contribution in [-0.2, 0) is 0 Å². The summed E-state index contributed by atoms with van der Waals surface area (Å²) < 4.78 is 1.59. The lowest BCUT2D eigenvalue weighted by atomic mass is 10.2. The summed E-state index contributed by atoms with van der Waals surface area (Å²) in [6.07, 6.45) is 3.16. The molecule has 0 unspecified atom stereocenters. The topological polar surface area (TPSA) is 67.5 Å². The van der Waals surface area contributed by atoms with Gasteiger partial charge in [0.25, 0.3) is 0 Å². The van der Waals surface area contributed by atoms with Crippen molar-refractivity contribution in [2.24, 2.45) is 0 Å². The Hall–Kier alpha value is -2.21. The van der Waals surface area contributed by atoms with E-state index in [0.717, 1.165) is 21.1 Å². The lowest BCUT2D eigenvalue weighted by Crippen LogP contribution is -2.01. The standard InChI is InChI=1S/C13H11N3O2S/c1-7-12(19-8(2)15-7)9-3-4-11-14-5-10(13(17)18)16(11)6-9/h3-6H,1-2H3,(H,17,18). The van der Waals surface area contributed by atoms with Crippen LogP contribution >= 0.6 is 11.3 Å². The number of carboxylic acid groups (broad SMARTS) is 1. The molecule has 0 aliphatic heterocycles. The fourth-order valence-electron chi connectivity index (χ4n) is 2.07. The number of hydrogen-bond donors (Lipinski definition) is 1. The zero-order valence-corrected chi connectivity index (χ0v) is 11.2. The highest BCUT2D eigenvalue weighted by Crippen LogP contribution is 2.29. The first kappa shape index (κ1) is 11.9. The van der Waals surface area contributed by atoms with Gasteiger partial charge in [0.05, 0.1) is 21.8 Å². The van der Waals surface area contributed by atoms with E-state index in [1.54, 1.807) is 21.9 Å². The highest BCUT2D eigenvalue weighted by Gasteiger charge is 2.13. The molecule has 0 spiro atoms. The Morgan fingerprint density at radius 3 is 2.79 bits per heavy atom. The van der Waals surface area contributed by atoms with Crippen LogP contribution in [-0.4, -0.2) is 25.4 Å². The predicted molar refractivity (Wildman–Crippen MR) is 72.7 cm³/mol. The Balaban J connectivity index is 2.23. The van der Waals surface area contributed by atoms with E-state index < -0.39 is 5.97 Å². The molecule has 0 bridgehead atoms. The van der Waals surface area contributed by atoms with Crippen LogP contribution in [0.5, 0.6) is 0 Å². The van der Waals surface area contributed by atoms with Crippen LogP contribution in [0.1, 0.15) is 21.2 Å². The van der Waals surface area contributed by atoms with Crippen molar-refractivity contribution in [3.05, 3.63) is 40.9 Å². The molecular weight excluding hydrogens is 262 g/mol. The van der Waals surface area contributed by atoms with Gasteiger partial charge in [-0.25, -0.2) is 14.8 Å². The fraction of sp³-hybridized carbons (Fsp3) is 0.154. The van der Waals surface area contributed by atoms with Crippen molar-refractivity contribution in [1.82, 2.24) is 14.4 Å². The Labute approximate surface area is 113 Å². The van der Waals surface area contributed by atoms with E-state index in [2.05, 4.69) is 9.97 Å². The third kappa shape index (κ3) is 1.90. The van der Waals surface area contributed by atoms with Crippen LogP contribution < -0.4 is 0 Å². The first-order chi connectivity index (χ1) is 9.06. The van der Waals surface area contributed by atoms with Gasteiger partial charge in [-0.05, 0) is 26.0 Å². The highest BCUT2D eigenvalue weighted by molar-refractivity contribution is 7.15. The Morgan fingerprint density at radius 2 is 2.16 bits per heavy atom. The smallest absolute Gasteiger partial charge is 0.354 e. The van der Waals surface area contributed by atoms with Crippen LogP contribution in [0.4, 0.5) is 0 Å². The van der Waals surface area contributed by atoms with Crippen molar-refractivity contribution >= 4 is 23.0 Å². The second kappa shape index (κ2) is 4.17. The van der Waals surface area contributed by atoms with E-state index in [-0.39, 0.29) is 5.69 Å². The number of thiazole rings is 1. The molecule has 19 heavy (non-hydrogen) atoms. The molecule has 0 saturated carbocycles. The molecule has 6 heteroatoms. The van der Waals surface area contributed by atoms with Crippen molar-refractivity contribution in [3.8, 4) is 10.4 Å². The summed E-state index contributed by atoms with van der Waals surface area (Å²) in [5.74, 6) is -0.984. The normalized spacial score (nSPS) is 11.1. The maximum absolute atomic E-state index is 11.1. The molecule has 0 amide bonds. The zero-order valence-electron chi connectivity index (χ0n) is 10.4. The molecule has 3 rings (SSSR count). The molecule has 0 aromatic carbocycles. The largest absolute Gasteiger partial charge is 0.477 e. The Bertz CT molecular complexity index is 788. The highest BCUT2D eigenvalue weighted by atomic mass is 32.1. The summed E-state index contributed by atoms with van der Waals surface area (Å²) in [6.45, 7) is 3.91. The number of hydrogen-bond acceptors (Lipinski definition) is 4. The molecule has 5 nitrogen and oxygen atoms in total. The van der Waals surface area contributed by atoms with E-state index in [1.807, 2.05) is 26.0 Å². The maximum atomic E-state index is 11.1. The number of aromatic carboxylic acids is 1. The van der Waals surface area contributed by atoms with Crippen LogP contribution in [0.25, 0.3) is 16.1 Å². The van der Waals surface area contributed by atoms with E-state index in [4.69, 9.17) is 5.11 Å². The molecule has 1 N–H and O–H groups in total. The number of aromatic nitrogens is 3. The average Bonchev–Trinajstić information content (AvgIpc) is 2.91. The number of aryl methyl sites for hydroxylation is 2. The van der Waals surface area contributed by atoms with Gasteiger partial charge in [-0.15, -0.1) is 11.3 Å². The minimum atomic E-state index is -0.984. The van der Waals surface area contributed by atoms with Crippen LogP contribution in [0.2, 0.25) is 0 Å². The predicted octanol–water partition coefficient (Wildman–Crippen LogP) is 2.77. The summed E-state index contributed by atoms with van der Waals surface area (Å²) in [6, 6.07) is 3.75. The molecule has 0 fully saturated rings. The molecule has 96 valence electrons. The number of nitrogens with zero attached hydrogens (tertiary/aromatic N) is 3. The SMILES string of the molecule is Cc1nc(C)c(-c2ccc3ncc(C(=O)O)n3c2)s1. The lowest BCUT2D eigenvalue weighted by Gasteiger charge is -2.02. The van der Waals surface area contributed by atoms with E-state index in [1.165, 1.54) is 6.20 Å². The van der Waals surface area contributed by atoms with Crippen molar-refractivity contribution in [2.45, 2.75) is 13.8 Å². The number of fused-ring (bicyclic) bond motifs is 1. The number of carbonyl (C=O) groups is 1. The second-order valence-corrected chi connectivity index (χ2v) is 5.45. The van der Waals surface area contributed by atoms with E-state index >= 15 is 0 Å². The maximum Gasteiger partial charge on any atom is 0.354 e. The molecule has 0 saturated heterocycles. The third-order valence-corrected chi connectivity index (χ3v) is 4.01. The fourth-order valence-corrected chi connectivity index (χ4v) is 2.98. The minimum Gasteiger partial charge on any atom is -0.477 e. The molecule has 0 aliphatic carbocycles. The number of imidazole rings is 1. The van der Waals surface area contributed by atoms with Crippen LogP contribution in [0.15, 0.2) is 24.5 Å². The van der Waals surface area contributed by atoms with Crippen molar-refractivity contribution < 1.29 is 9.90 Å². The summed E-state index contributed by atoms with van der Waals surface area (Å²) in [5.41, 5.74) is 2.70. The van der Waals surface area contributed by atoms with Gasteiger partial charge in [0.2, 0.25) is 0 Å². The molecular formula is C13H11N3O2S. The molecule has 3 heterocycles. The number of carboxylic acids is 1. The monoisotopic (exact) mass is 273 g/mol. The van der Waals surface area contributed by atoms with Gasteiger partial charge < -0.3 is 5.11 Å². The first-order valence-corrected chi connectivity index (χ1v) is 6.52. The van der Waals surface area contributed by atoms with Crippen LogP contribution in [0.3, 0.4) is 0 Å². The molecule has 0 radical (unpaired) electrons. The minimum absolute atomic E-state index is 0.163. The Kier molecular flexibility index (Phi) is 2.60. The summed E-state index contributed by atoms with van der Waals surface area (Å²) >= 11 is 1.60. The van der Waals surface area contributed by atoms with Crippen molar-refractivity contribution in [1.29, 1.82) is 0 Å². The van der Waals surface area contributed by atoms with Gasteiger partial charge >= 0.3 is 5.97 Å². The van der Waals surface area contributed by atoms with Gasteiger partial charge in [-0.3, -0.25) is 4.40 Å². The van der Waals surface area contributed by atoms with Crippen LogP contribution in [0, 0.1) is 13.8 Å². The molecule has 3 aromatic heterocycles. The van der Waals surface area contributed by atoms with E-state index in [0.29, 0.717) is 5.65 Å². The summed E-state index contributed by atoms with van der Waals surface area (Å²) in [5, 5.41) is 10.1. The van der Waals surface area contributed by atoms with E-state index in [9.17, 15) is 4.79 Å². The van der Waals surface area contributed by atoms with Gasteiger partial charge in [0.1, 0.15) is 5.65 Å². The molecule has 3 aromatic rings. The third-order valence-electron chi connectivity index (χ3n) is 2.89. The number of rotatable bonds is 2. The molecule has 0 atom stereocenters. The van der Waals surface area contributed by atoms with Crippen molar-refractivity contribution in [3.63, 3.8) is 0 Å². The Morgan fingerprint density at radius 1 is 1.37 bits per heavy atom. The first-order valence-electron chi connectivity index (χ1n) is 5.71. The van der Waals surface area contributed by atoms with Gasteiger partial charge in [-0.1, -0.05) is 0 Å². The lowest BCUT2D eigenvalue weighted by molar-refractivity contribution is 0.0689. The number of pyridine rings is 1. The summed E-state index contributed by atoms with van der Waals surface area (Å²) in [4.78, 5) is 20.6. The van der Waals surface area contributed by atoms with Crippen molar-refractivity contribution in [2.75, 3.05) is 0 Å². The zero-order chi connectivity index (χ0) is 13.6. The van der Waals surface area contributed by atoms with Gasteiger partial charge in [0.15, 0.2) is 5.69 Å². The van der Waals surface area contributed by atoms with Gasteiger partial charge in [-0.2, -0.15) is 0 Å². The summed E-state index contributed by atoms with van der Waals surface area (Å²) in [7, 11) is 0.